The summed E-state index contributed by atoms with van der Waals surface area (Å²) in [4.78, 5) is 0. The Morgan fingerprint density at radius 1 is 1.23 bits per heavy atom. The van der Waals surface area contributed by atoms with Gasteiger partial charge in [-0.15, -0.1) is 12.6 Å². The van der Waals surface area contributed by atoms with E-state index in [2.05, 4.69) is 30.7 Å². The maximum atomic E-state index is 4.31. The number of thiol groups is 1. The van der Waals surface area contributed by atoms with Gasteiger partial charge in [0.1, 0.15) is 0 Å². The summed E-state index contributed by atoms with van der Waals surface area (Å²) in [5, 5.41) is 5.04. The fourth-order valence-electron chi connectivity index (χ4n) is 1.28. The highest BCUT2D eigenvalue weighted by molar-refractivity contribution is 7.80. The number of aryl methyl sites for hydroxylation is 1. The molecule has 1 heterocycles. The van der Waals surface area contributed by atoms with Crippen molar-refractivity contribution < 1.29 is 0 Å². The van der Waals surface area contributed by atoms with E-state index in [4.69, 9.17) is 0 Å². The molecule has 1 aromatic heterocycles. The van der Waals surface area contributed by atoms with Gasteiger partial charge >= 0.3 is 0 Å². The van der Waals surface area contributed by atoms with E-state index in [0.29, 0.717) is 0 Å². The van der Waals surface area contributed by atoms with Crippen molar-refractivity contribution >= 4 is 12.6 Å². The lowest BCUT2D eigenvalue weighted by molar-refractivity contribution is 0.800. The quantitative estimate of drug-likeness (QED) is 0.684. The summed E-state index contributed by atoms with van der Waals surface area (Å²) in [5.74, 6) is 0. The highest BCUT2D eigenvalue weighted by Crippen LogP contribution is 2.16. The van der Waals surface area contributed by atoms with Crippen LogP contribution < -0.4 is 0 Å². The predicted octanol–water partition coefficient (Wildman–Crippen LogP) is 2.47. The lowest BCUT2D eigenvalue weighted by atomic mass is 10.2. The molecule has 0 aliphatic rings. The van der Waals surface area contributed by atoms with Gasteiger partial charge in [0.25, 0.3) is 0 Å². The first kappa shape index (κ1) is 8.38. The average molecular weight is 190 g/mol. The minimum Gasteiger partial charge on any atom is -0.227 e. The van der Waals surface area contributed by atoms with E-state index < -0.39 is 0 Å². The third kappa shape index (κ3) is 1.47. The molecule has 66 valence electrons. The second-order valence-corrected chi connectivity index (χ2v) is 3.35. The van der Waals surface area contributed by atoms with Crippen LogP contribution >= 0.6 is 12.6 Å². The van der Waals surface area contributed by atoms with Crippen molar-refractivity contribution in [2.24, 2.45) is 0 Å². The Bertz CT molecular complexity index is 420. The van der Waals surface area contributed by atoms with Gasteiger partial charge in [0.15, 0.2) is 0 Å². The Hall–Kier alpha value is -1.22. The van der Waals surface area contributed by atoms with Crippen LogP contribution in [0.15, 0.2) is 41.6 Å². The van der Waals surface area contributed by atoms with Crippen LogP contribution in [0.1, 0.15) is 5.56 Å². The second kappa shape index (κ2) is 3.26. The summed E-state index contributed by atoms with van der Waals surface area (Å²) in [7, 11) is 0. The van der Waals surface area contributed by atoms with Crippen LogP contribution in [-0.4, -0.2) is 9.78 Å². The zero-order chi connectivity index (χ0) is 9.26. The average Bonchev–Trinajstić information content (AvgIpc) is 2.52. The van der Waals surface area contributed by atoms with Crippen LogP contribution in [0.3, 0.4) is 0 Å². The van der Waals surface area contributed by atoms with Gasteiger partial charge in [0.05, 0.1) is 16.9 Å². The summed E-state index contributed by atoms with van der Waals surface area (Å²) >= 11 is 4.31. The van der Waals surface area contributed by atoms with Crippen molar-refractivity contribution in [3.8, 4) is 5.69 Å². The van der Waals surface area contributed by atoms with Gasteiger partial charge in [-0.3, -0.25) is 0 Å². The molecule has 13 heavy (non-hydrogen) atoms. The second-order valence-electron chi connectivity index (χ2n) is 2.89. The molecule has 0 radical (unpaired) electrons. The van der Waals surface area contributed by atoms with Crippen molar-refractivity contribution in [1.29, 1.82) is 0 Å². The van der Waals surface area contributed by atoms with Crippen molar-refractivity contribution in [2.45, 2.75) is 11.9 Å². The summed E-state index contributed by atoms with van der Waals surface area (Å²) in [6.07, 6.45) is 1.74. The maximum Gasteiger partial charge on any atom is 0.0968 e. The van der Waals surface area contributed by atoms with Gasteiger partial charge in [-0.2, -0.15) is 5.10 Å². The molecule has 0 saturated carbocycles. The first-order valence-corrected chi connectivity index (χ1v) is 4.53. The normalized spacial score (nSPS) is 10.3. The maximum absolute atomic E-state index is 4.31. The monoisotopic (exact) mass is 190 g/mol. The van der Waals surface area contributed by atoms with Gasteiger partial charge in [-0.05, 0) is 24.6 Å². The number of hydrogen-bond acceptors (Lipinski definition) is 2. The minimum atomic E-state index is 0.856. The van der Waals surface area contributed by atoms with E-state index in [1.165, 1.54) is 5.56 Å². The number of rotatable bonds is 1. The van der Waals surface area contributed by atoms with Crippen LogP contribution in [0, 0.1) is 6.92 Å². The molecule has 0 fully saturated rings. The lowest BCUT2D eigenvalue weighted by Gasteiger charge is -2.06. The summed E-state index contributed by atoms with van der Waals surface area (Å²) in [6.45, 7) is 2.06. The molecule has 3 heteroatoms. The van der Waals surface area contributed by atoms with Gasteiger partial charge < -0.3 is 0 Å². The number of aromatic nitrogens is 2. The Kier molecular flexibility index (Phi) is 2.10. The highest BCUT2D eigenvalue weighted by atomic mass is 32.1. The van der Waals surface area contributed by atoms with Crippen LogP contribution in [-0.2, 0) is 0 Å². The predicted molar refractivity (Wildman–Crippen MR) is 55.6 cm³/mol. The standard InChI is InChI=1S/C10H10N2S/c1-8-4-2-3-5-9(8)12-10(13)6-7-11-12/h2-7,13H,1H3. The van der Waals surface area contributed by atoms with Crippen molar-refractivity contribution in [3.63, 3.8) is 0 Å². The largest absolute Gasteiger partial charge is 0.227 e. The van der Waals surface area contributed by atoms with Crippen LogP contribution in [0.5, 0.6) is 0 Å². The van der Waals surface area contributed by atoms with Crippen LogP contribution in [0.4, 0.5) is 0 Å². The zero-order valence-corrected chi connectivity index (χ0v) is 8.20. The van der Waals surface area contributed by atoms with E-state index in [-0.39, 0.29) is 0 Å². The molecule has 0 amide bonds. The Labute approximate surface area is 82.6 Å². The number of benzene rings is 1. The Morgan fingerprint density at radius 3 is 2.62 bits per heavy atom. The van der Waals surface area contributed by atoms with Gasteiger partial charge in [0.2, 0.25) is 0 Å². The molecule has 0 unspecified atom stereocenters. The van der Waals surface area contributed by atoms with Crippen molar-refractivity contribution in [3.05, 3.63) is 42.1 Å². The summed E-state index contributed by atoms with van der Waals surface area (Å²) < 4.78 is 1.82. The molecule has 0 spiro atoms. The smallest absolute Gasteiger partial charge is 0.0968 e. The van der Waals surface area contributed by atoms with E-state index >= 15 is 0 Å². The molecule has 0 bridgehead atoms. The fraction of sp³-hybridized carbons (Fsp3) is 0.100. The molecular formula is C10H10N2S. The first-order chi connectivity index (χ1) is 6.29. The third-order valence-electron chi connectivity index (χ3n) is 1.97. The van der Waals surface area contributed by atoms with Gasteiger partial charge in [-0.25, -0.2) is 4.68 Å². The van der Waals surface area contributed by atoms with Crippen LogP contribution in [0.25, 0.3) is 5.69 Å². The molecule has 0 atom stereocenters. The molecule has 1 aromatic carbocycles. The van der Waals surface area contributed by atoms with Gasteiger partial charge in [0, 0.05) is 0 Å². The molecule has 0 aliphatic carbocycles. The highest BCUT2D eigenvalue weighted by Gasteiger charge is 2.02. The third-order valence-corrected chi connectivity index (χ3v) is 2.30. The van der Waals surface area contributed by atoms with E-state index in [9.17, 15) is 0 Å². The number of hydrogen-bond donors (Lipinski definition) is 1. The lowest BCUT2D eigenvalue weighted by Crippen LogP contribution is -1.98. The van der Waals surface area contributed by atoms with Crippen LogP contribution in [0.2, 0.25) is 0 Å². The van der Waals surface area contributed by atoms with Crippen molar-refractivity contribution in [1.82, 2.24) is 9.78 Å². The summed E-state index contributed by atoms with van der Waals surface area (Å²) in [5.41, 5.74) is 2.28. The number of para-hydroxylation sites is 1. The van der Waals surface area contributed by atoms with E-state index in [1.54, 1.807) is 6.20 Å². The molecular weight excluding hydrogens is 180 g/mol. The minimum absolute atomic E-state index is 0.856. The molecule has 0 N–H and O–H groups in total. The van der Waals surface area contributed by atoms with Gasteiger partial charge in [-0.1, -0.05) is 18.2 Å². The Morgan fingerprint density at radius 2 is 2.00 bits per heavy atom. The SMILES string of the molecule is Cc1ccccc1-n1nccc1S. The molecule has 2 rings (SSSR count). The fourth-order valence-corrected chi connectivity index (χ4v) is 1.51. The molecule has 2 aromatic rings. The van der Waals surface area contributed by atoms with E-state index in [0.717, 1.165) is 10.7 Å². The Balaban J connectivity index is 2.59. The topological polar surface area (TPSA) is 17.8 Å². The van der Waals surface area contributed by atoms with E-state index in [1.807, 2.05) is 28.9 Å². The molecule has 2 nitrogen and oxygen atoms in total. The number of nitrogens with zero attached hydrogens (tertiary/aromatic N) is 2. The van der Waals surface area contributed by atoms with Crippen molar-refractivity contribution in [2.75, 3.05) is 0 Å². The summed E-state index contributed by atoms with van der Waals surface area (Å²) in [6, 6.07) is 9.97. The molecule has 0 aliphatic heterocycles. The molecule has 0 saturated heterocycles. The first-order valence-electron chi connectivity index (χ1n) is 4.08. The zero-order valence-electron chi connectivity index (χ0n) is 7.31.